The average molecular weight is 601 g/mol. The van der Waals surface area contributed by atoms with E-state index in [0.717, 1.165) is 11.1 Å². The minimum absolute atomic E-state index is 0.190. The van der Waals surface area contributed by atoms with E-state index in [0.29, 0.717) is 49.0 Å². The highest BCUT2D eigenvalue weighted by Gasteiger charge is 2.33. The summed E-state index contributed by atoms with van der Waals surface area (Å²) in [6, 6.07) is 15.4. The molecule has 0 saturated carbocycles. The molecule has 1 aliphatic rings. The van der Waals surface area contributed by atoms with Crippen LogP contribution in [-0.4, -0.2) is 36.3 Å². The molecule has 9 nitrogen and oxygen atoms in total. The Kier molecular flexibility index (Phi) is 8.50. The summed E-state index contributed by atoms with van der Waals surface area (Å²) in [6.45, 7) is 9.17. The normalized spacial score (nSPS) is 14.9. The van der Waals surface area contributed by atoms with Crippen LogP contribution in [0.25, 0.3) is 17.4 Å². The first-order valence-corrected chi connectivity index (χ1v) is 14.7. The third kappa shape index (κ3) is 5.96. The molecule has 0 radical (unpaired) electrons. The minimum Gasteiger partial charge on any atom is -0.497 e. The largest absolute Gasteiger partial charge is 0.497 e. The number of rotatable bonds is 8. The molecule has 3 heterocycles. The SMILES string of the molecule is CCOC(=O)C1=C(C)N=c2s/c(=C/c3ccc(-c4ccc(C(=O)OC(C)C)cc4C)o3)c(=O)n2[C@H]1c1cccc(OC)c1. The zero-order chi connectivity index (χ0) is 30.8. The van der Waals surface area contributed by atoms with E-state index in [1.165, 1.54) is 15.9 Å². The molecular weight excluding hydrogens is 568 g/mol. The number of allylic oxidation sites excluding steroid dienone is 1. The quantitative estimate of drug-likeness (QED) is 0.264. The summed E-state index contributed by atoms with van der Waals surface area (Å²) in [5, 5.41) is 0. The Morgan fingerprint density at radius 1 is 1.09 bits per heavy atom. The number of nitrogens with zero attached hydrogens (tertiary/aromatic N) is 2. The van der Waals surface area contributed by atoms with Crippen molar-refractivity contribution in [3.63, 3.8) is 0 Å². The van der Waals surface area contributed by atoms with Crippen molar-refractivity contribution in [1.29, 1.82) is 0 Å². The van der Waals surface area contributed by atoms with Crippen molar-refractivity contribution in [2.75, 3.05) is 13.7 Å². The molecule has 0 saturated heterocycles. The summed E-state index contributed by atoms with van der Waals surface area (Å²) >= 11 is 1.21. The van der Waals surface area contributed by atoms with Crippen molar-refractivity contribution in [2.24, 2.45) is 4.99 Å². The Balaban J connectivity index is 1.56. The number of esters is 2. The molecule has 10 heteroatoms. The van der Waals surface area contributed by atoms with Gasteiger partial charge in [-0.05, 0) is 82.1 Å². The number of ether oxygens (including phenoxy) is 3. The van der Waals surface area contributed by atoms with Gasteiger partial charge >= 0.3 is 11.9 Å². The molecule has 0 N–H and O–H groups in total. The highest BCUT2D eigenvalue weighted by atomic mass is 32.1. The Labute approximate surface area is 252 Å². The van der Waals surface area contributed by atoms with Crippen molar-refractivity contribution in [3.8, 4) is 17.1 Å². The van der Waals surface area contributed by atoms with E-state index in [1.807, 2.05) is 31.2 Å². The second kappa shape index (κ2) is 12.3. The van der Waals surface area contributed by atoms with Gasteiger partial charge in [-0.2, -0.15) is 0 Å². The molecule has 5 rings (SSSR count). The number of hydrogen-bond acceptors (Lipinski definition) is 9. The van der Waals surface area contributed by atoms with Gasteiger partial charge in [-0.25, -0.2) is 14.6 Å². The van der Waals surface area contributed by atoms with Crippen molar-refractivity contribution in [3.05, 3.63) is 108 Å². The van der Waals surface area contributed by atoms with Gasteiger partial charge in [0.05, 0.1) is 47.2 Å². The van der Waals surface area contributed by atoms with E-state index in [-0.39, 0.29) is 24.2 Å². The standard InChI is InChI=1S/C33H32N2O7S/c1-7-40-32(38)28-20(5)34-33-35(29(28)21-9-8-10-23(16-21)39-6)30(36)27(43-33)17-24-12-14-26(42-24)25-13-11-22(15-19(25)4)31(37)41-18(2)3/h8-18,29H,7H2,1-6H3/b27-17+/t29-/m0/s1. The van der Waals surface area contributed by atoms with Gasteiger partial charge in [0.1, 0.15) is 17.3 Å². The van der Waals surface area contributed by atoms with Crippen LogP contribution in [0.3, 0.4) is 0 Å². The summed E-state index contributed by atoms with van der Waals surface area (Å²) in [6.07, 6.45) is 1.46. The van der Waals surface area contributed by atoms with Crippen molar-refractivity contribution in [2.45, 2.75) is 46.8 Å². The first kappa shape index (κ1) is 29.8. The molecule has 1 aliphatic heterocycles. The molecule has 2 aromatic carbocycles. The molecule has 222 valence electrons. The zero-order valence-electron chi connectivity index (χ0n) is 24.8. The number of furan rings is 1. The van der Waals surface area contributed by atoms with Gasteiger partial charge in [-0.3, -0.25) is 9.36 Å². The van der Waals surface area contributed by atoms with Gasteiger partial charge in [-0.15, -0.1) is 0 Å². The number of benzene rings is 2. The summed E-state index contributed by atoms with van der Waals surface area (Å²) in [7, 11) is 1.56. The van der Waals surface area contributed by atoms with Crippen LogP contribution >= 0.6 is 11.3 Å². The molecular formula is C33H32N2O7S. The van der Waals surface area contributed by atoms with Gasteiger partial charge in [0.2, 0.25) is 0 Å². The van der Waals surface area contributed by atoms with Crippen LogP contribution in [0.4, 0.5) is 0 Å². The van der Waals surface area contributed by atoms with Gasteiger partial charge < -0.3 is 18.6 Å². The van der Waals surface area contributed by atoms with Crippen LogP contribution in [0.5, 0.6) is 5.75 Å². The lowest BCUT2D eigenvalue weighted by Crippen LogP contribution is -2.39. The fourth-order valence-electron chi connectivity index (χ4n) is 4.97. The average Bonchev–Trinajstić information content (AvgIpc) is 3.55. The fourth-order valence-corrected chi connectivity index (χ4v) is 6.00. The zero-order valence-corrected chi connectivity index (χ0v) is 25.6. The summed E-state index contributed by atoms with van der Waals surface area (Å²) in [5.41, 5.74) is 3.29. The lowest BCUT2D eigenvalue weighted by Gasteiger charge is -2.24. The maximum absolute atomic E-state index is 13.9. The number of fused-ring (bicyclic) bond motifs is 1. The van der Waals surface area contributed by atoms with Crippen molar-refractivity contribution in [1.82, 2.24) is 4.57 Å². The predicted octanol–water partition coefficient (Wildman–Crippen LogP) is 4.94. The Morgan fingerprint density at radius 2 is 1.88 bits per heavy atom. The first-order chi connectivity index (χ1) is 20.6. The molecule has 0 spiro atoms. The van der Waals surface area contributed by atoms with E-state index in [1.54, 1.807) is 71.2 Å². The van der Waals surface area contributed by atoms with Gasteiger partial charge in [0.15, 0.2) is 4.80 Å². The number of thiazole rings is 1. The van der Waals surface area contributed by atoms with E-state index in [9.17, 15) is 14.4 Å². The number of carbonyl (C=O) groups is 2. The second-order valence-corrected chi connectivity index (χ2v) is 11.3. The molecule has 2 aromatic heterocycles. The Bertz CT molecular complexity index is 1930. The van der Waals surface area contributed by atoms with Crippen LogP contribution in [0.2, 0.25) is 0 Å². The van der Waals surface area contributed by atoms with Crippen molar-refractivity contribution >= 4 is 29.4 Å². The predicted molar refractivity (Wildman–Crippen MR) is 163 cm³/mol. The number of carbonyl (C=O) groups excluding carboxylic acids is 2. The molecule has 0 aliphatic carbocycles. The summed E-state index contributed by atoms with van der Waals surface area (Å²) < 4.78 is 24.1. The van der Waals surface area contributed by atoms with Gasteiger partial charge in [-0.1, -0.05) is 29.5 Å². The van der Waals surface area contributed by atoms with Crippen LogP contribution in [0.15, 0.2) is 80.1 Å². The van der Waals surface area contributed by atoms with E-state index >= 15 is 0 Å². The third-order valence-electron chi connectivity index (χ3n) is 6.90. The first-order valence-electron chi connectivity index (χ1n) is 13.9. The maximum atomic E-state index is 13.9. The number of aryl methyl sites for hydroxylation is 1. The monoisotopic (exact) mass is 600 g/mol. The van der Waals surface area contributed by atoms with Crippen molar-refractivity contribution < 1.29 is 28.2 Å². The molecule has 43 heavy (non-hydrogen) atoms. The fraction of sp³-hybridized carbons (Fsp3) is 0.273. The highest BCUT2D eigenvalue weighted by Crippen LogP contribution is 2.32. The van der Waals surface area contributed by atoms with E-state index < -0.39 is 12.0 Å². The minimum atomic E-state index is -0.747. The lowest BCUT2D eigenvalue weighted by atomic mass is 9.95. The van der Waals surface area contributed by atoms with Crippen LogP contribution in [0, 0.1) is 6.92 Å². The van der Waals surface area contributed by atoms with Crippen LogP contribution in [0.1, 0.15) is 61.0 Å². The van der Waals surface area contributed by atoms with Crippen LogP contribution in [-0.2, 0) is 14.3 Å². The van der Waals surface area contributed by atoms with E-state index in [2.05, 4.69) is 4.99 Å². The van der Waals surface area contributed by atoms with Gasteiger partial charge in [0.25, 0.3) is 5.56 Å². The number of methoxy groups -OCH3 is 1. The topological polar surface area (TPSA) is 109 Å². The summed E-state index contributed by atoms with van der Waals surface area (Å²) in [5.74, 6) is 0.757. The maximum Gasteiger partial charge on any atom is 0.338 e. The Hall–Kier alpha value is -4.70. The second-order valence-electron chi connectivity index (χ2n) is 10.3. The molecule has 0 unspecified atom stereocenters. The van der Waals surface area contributed by atoms with Crippen LogP contribution < -0.4 is 19.6 Å². The number of aromatic nitrogens is 1. The lowest BCUT2D eigenvalue weighted by molar-refractivity contribution is -0.139. The van der Waals surface area contributed by atoms with Gasteiger partial charge in [0, 0.05) is 11.6 Å². The molecule has 0 fully saturated rings. The molecule has 1 atom stereocenters. The van der Waals surface area contributed by atoms with E-state index in [4.69, 9.17) is 18.6 Å². The third-order valence-corrected chi connectivity index (χ3v) is 7.88. The highest BCUT2D eigenvalue weighted by molar-refractivity contribution is 7.07. The summed E-state index contributed by atoms with van der Waals surface area (Å²) in [4.78, 5) is 44.4. The number of hydrogen-bond donors (Lipinski definition) is 0. The Morgan fingerprint density at radius 3 is 2.58 bits per heavy atom. The smallest absolute Gasteiger partial charge is 0.338 e. The molecule has 0 amide bonds. The molecule has 0 bridgehead atoms. The molecule has 4 aromatic rings.